The van der Waals surface area contributed by atoms with E-state index in [0.29, 0.717) is 6.54 Å². The lowest BCUT2D eigenvalue weighted by Gasteiger charge is -2.46. The predicted molar refractivity (Wildman–Crippen MR) is 123 cm³/mol. The molecule has 1 amide bonds. The standard InChI is InChI=1S/C24H35N5O/c1-23(2)15-19(16-24(3,4)27-23)25-22(30)17-28-11-13-29(14-12-28)21-10-9-18-7-5-6-8-20(18)26-21/h5-10,19,27H,11-17H2,1-4H3,(H,25,30). The van der Waals surface area contributed by atoms with Crippen molar-refractivity contribution in [3.63, 3.8) is 0 Å². The van der Waals surface area contributed by atoms with Crippen LogP contribution in [0.4, 0.5) is 5.82 Å². The van der Waals surface area contributed by atoms with Gasteiger partial charge in [-0.25, -0.2) is 4.98 Å². The van der Waals surface area contributed by atoms with Gasteiger partial charge < -0.3 is 15.5 Å². The number of piperazine rings is 1. The number of fused-ring (bicyclic) bond motifs is 1. The molecule has 2 N–H and O–H groups in total. The van der Waals surface area contributed by atoms with Gasteiger partial charge in [-0.3, -0.25) is 9.69 Å². The molecular formula is C24H35N5O. The number of anilines is 1. The molecule has 6 heteroatoms. The Bertz CT molecular complexity index is 885. The van der Waals surface area contributed by atoms with E-state index in [9.17, 15) is 4.79 Å². The zero-order chi connectivity index (χ0) is 21.4. The van der Waals surface area contributed by atoms with E-state index in [-0.39, 0.29) is 23.0 Å². The molecular weight excluding hydrogens is 374 g/mol. The van der Waals surface area contributed by atoms with Gasteiger partial charge in [-0.05, 0) is 58.7 Å². The fraction of sp³-hybridized carbons (Fsp3) is 0.583. The normalized spacial score (nSPS) is 22.2. The van der Waals surface area contributed by atoms with E-state index in [0.717, 1.165) is 50.4 Å². The van der Waals surface area contributed by atoms with Crippen LogP contribution in [0.15, 0.2) is 36.4 Å². The van der Waals surface area contributed by atoms with Crippen molar-refractivity contribution in [3.8, 4) is 0 Å². The third-order valence-electron chi connectivity index (χ3n) is 6.20. The topological polar surface area (TPSA) is 60.5 Å². The zero-order valence-electron chi connectivity index (χ0n) is 18.7. The van der Waals surface area contributed by atoms with Crippen molar-refractivity contribution in [2.24, 2.45) is 0 Å². The predicted octanol–water partition coefficient (Wildman–Crippen LogP) is 2.78. The third kappa shape index (κ3) is 5.10. The Balaban J connectivity index is 1.28. The van der Waals surface area contributed by atoms with Gasteiger partial charge >= 0.3 is 0 Å². The highest BCUT2D eigenvalue weighted by molar-refractivity contribution is 5.80. The minimum atomic E-state index is 0.0399. The van der Waals surface area contributed by atoms with Crippen molar-refractivity contribution < 1.29 is 4.79 Å². The van der Waals surface area contributed by atoms with E-state index < -0.39 is 0 Å². The maximum Gasteiger partial charge on any atom is 0.234 e. The van der Waals surface area contributed by atoms with Gasteiger partial charge in [0.2, 0.25) is 5.91 Å². The van der Waals surface area contributed by atoms with E-state index >= 15 is 0 Å². The molecule has 2 saturated heterocycles. The SMILES string of the molecule is CC1(C)CC(NC(=O)CN2CCN(c3ccc4ccccc4n3)CC2)CC(C)(C)N1. The van der Waals surface area contributed by atoms with Crippen LogP contribution in [0.5, 0.6) is 0 Å². The van der Waals surface area contributed by atoms with Gasteiger partial charge in [0.05, 0.1) is 12.1 Å². The summed E-state index contributed by atoms with van der Waals surface area (Å²) in [5.74, 6) is 1.17. The highest BCUT2D eigenvalue weighted by atomic mass is 16.2. The van der Waals surface area contributed by atoms with Crippen LogP contribution in [0.2, 0.25) is 0 Å². The van der Waals surface area contributed by atoms with E-state index in [1.54, 1.807) is 0 Å². The Morgan fingerprint density at radius 3 is 2.40 bits per heavy atom. The van der Waals surface area contributed by atoms with E-state index in [2.05, 4.69) is 72.4 Å². The van der Waals surface area contributed by atoms with Crippen LogP contribution in [0, 0.1) is 0 Å². The van der Waals surface area contributed by atoms with Crippen LogP contribution >= 0.6 is 0 Å². The van der Waals surface area contributed by atoms with Crippen LogP contribution in [0.3, 0.4) is 0 Å². The number of benzene rings is 1. The molecule has 2 aromatic rings. The lowest BCUT2D eigenvalue weighted by atomic mass is 9.79. The lowest BCUT2D eigenvalue weighted by Crippen LogP contribution is -2.62. The summed E-state index contributed by atoms with van der Waals surface area (Å²) in [5, 5.41) is 8.14. The number of rotatable bonds is 4. The average molecular weight is 410 g/mol. The smallest absolute Gasteiger partial charge is 0.234 e. The van der Waals surface area contributed by atoms with Crippen LogP contribution < -0.4 is 15.5 Å². The second-order valence-corrected chi connectivity index (χ2v) is 10.2. The number of piperidine rings is 1. The molecule has 0 radical (unpaired) electrons. The van der Waals surface area contributed by atoms with Gasteiger partial charge in [0, 0.05) is 48.7 Å². The maximum atomic E-state index is 12.7. The number of pyridine rings is 1. The van der Waals surface area contributed by atoms with Crippen LogP contribution in [-0.2, 0) is 4.79 Å². The largest absolute Gasteiger partial charge is 0.354 e. The molecule has 162 valence electrons. The third-order valence-corrected chi connectivity index (χ3v) is 6.20. The molecule has 0 saturated carbocycles. The second kappa shape index (κ2) is 8.16. The van der Waals surface area contributed by atoms with Gasteiger partial charge in [0.25, 0.3) is 0 Å². The van der Waals surface area contributed by atoms with Gasteiger partial charge in [0.15, 0.2) is 0 Å². The summed E-state index contributed by atoms with van der Waals surface area (Å²) < 4.78 is 0. The molecule has 0 atom stereocenters. The Morgan fingerprint density at radius 2 is 1.70 bits per heavy atom. The molecule has 2 aliphatic rings. The number of amides is 1. The van der Waals surface area contributed by atoms with Crippen molar-refractivity contribution in [2.75, 3.05) is 37.6 Å². The summed E-state index contributed by atoms with van der Waals surface area (Å²) in [5.41, 5.74) is 1.11. The van der Waals surface area contributed by atoms with Crippen molar-refractivity contribution in [3.05, 3.63) is 36.4 Å². The summed E-state index contributed by atoms with van der Waals surface area (Å²) in [6.45, 7) is 12.9. The van der Waals surface area contributed by atoms with E-state index in [1.807, 2.05) is 12.1 Å². The number of carbonyl (C=O) groups excluding carboxylic acids is 1. The number of hydrogen-bond donors (Lipinski definition) is 2. The van der Waals surface area contributed by atoms with E-state index in [4.69, 9.17) is 4.98 Å². The first-order valence-corrected chi connectivity index (χ1v) is 11.1. The molecule has 6 nitrogen and oxygen atoms in total. The van der Waals surface area contributed by atoms with Crippen LogP contribution in [0.1, 0.15) is 40.5 Å². The molecule has 0 bridgehead atoms. The quantitative estimate of drug-likeness (QED) is 0.813. The fourth-order valence-corrected chi connectivity index (χ4v) is 5.27. The molecule has 0 spiro atoms. The van der Waals surface area contributed by atoms with Gasteiger partial charge in [-0.2, -0.15) is 0 Å². The molecule has 1 aromatic heterocycles. The summed E-state index contributed by atoms with van der Waals surface area (Å²) in [6.07, 6.45) is 1.92. The van der Waals surface area contributed by atoms with Crippen molar-refractivity contribution in [1.29, 1.82) is 0 Å². The van der Waals surface area contributed by atoms with Crippen molar-refractivity contribution >= 4 is 22.6 Å². The van der Waals surface area contributed by atoms with E-state index in [1.165, 1.54) is 5.39 Å². The summed E-state index contributed by atoms with van der Waals surface area (Å²) in [7, 11) is 0. The molecule has 30 heavy (non-hydrogen) atoms. The fourth-order valence-electron chi connectivity index (χ4n) is 5.27. The second-order valence-electron chi connectivity index (χ2n) is 10.2. The highest BCUT2D eigenvalue weighted by Gasteiger charge is 2.38. The Hall–Kier alpha value is -2.18. The number of para-hydroxylation sites is 1. The van der Waals surface area contributed by atoms with Crippen LogP contribution in [-0.4, -0.2) is 65.6 Å². The molecule has 4 rings (SSSR count). The Kier molecular flexibility index (Phi) is 5.73. The number of nitrogens with zero attached hydrogens (tertiary/aromatic N) is 3. The molecule has 2 fully saturated rings. The Morgan fingerprint density at radius 1 is 1.03 bits per heavy atom. The molecule has 2 aliphatic heterocycles. The molecule has 3 heterocycles. The summed E-state index contributed by atoms with van der Waals surface area (Å²) in [4.78, 5) is 22.1. The number of aromatic nitrogens is 1. The minimum Gasteiger partial charge on any atom is -0.354 e. The van der Waals surface area contributed by atoms with Crippen LogP contribution in [0.25, 0.3) is 10.9 Å². The zero-order valence-corrected chi connectivity index (χ0v) is 18.7. The summed E-state index contributed by atoms with van der Waals surface area (Å²) in [6, 6.07) is 12.7. The first-order valence-electron chi connectivity index (χ1n) is 11.1. The maximum absolute atomic E-state index is 12.7. The van der Waals surface area contributed by atoms with Gasteiger partial charge in [0.1, 0.15) is 5.82 Å². The first kappa shape index (κ1) is 21.1. The molecule has 0 aliphatic carbocycles. The average Bonchev–Trinajstić information content (AvgIpc) is 2.65. The lowest BCUT2D eigenvalue weighted by molar-refractivity contribution is -0.123. The number of nitrogens with one attached hydrogen (secondary N) is 2. The highest BCUT2D eigenvalue weighted by Crippen LogP contribution is 2.28. The van der Waals surface area contributed by atoms with Crippen molar-refractivity contribution in [2.45, 2.75) is 57.7 Å². The minimum absolute atomic E-state index is 0.0399. The summed E-state index contributed by atoms with van der Waals surface area (Å²) >= 11 is 0. The van der Waals surface area contributed by atoms with Gasteiger partial charge in [-0.15, -0.1) is 0 Å². The Labute approximate surface area is 180 Å². The molecule has 1 aromatic carbocycles. The molecule has 0 unspecified atom stereocenters. The van der Waals surface area contributed by atoms with Crippen molar-refractivity contribution in [1.82, 2.24) is 20.5 Å². The van der Waals surface area contributed by atoms with Gasteiger partial charge in [-0.1, -0.05) is 18.2 Å². The monoisotopic (exact) mass is 409 g/mol. The number of carbonyl (C=O) groups is 1. The first-order chi connectivity index (χ1) is 14.2. The number of hydrogen-bond acceptors (Lipinski definition) is 5.